The SMILES string of the molecule is CCCNC(=O)CCNC(=NCc1c(C)nn(C)c1C)NCC.I. The van der Waals surface area contributed by atoms with Crippen LogP contribution >= 0.6 is 24.0 Å². The Labute approximate surface area is 162 Å². The third-order valence-electron chi connectivity index (χ3n) is 3.62. The number of aryl methyl sites for hydroxylation is 2. The molecule has 0 radical (unpaired) electrons. The van der Waals surface area contributed by atoms with Crippen molar-refractivity contribution in [2.75, 3.05) is 19.6 Å². The standard InChI is InChI=1S/C16H30N6O.HI/c1-6-9-18-15(23)8-10-19-16(17-7-2)20-11-14-12(3)21-22(5)13(14)4;/h6-11H2,1-5H3,(H,18,23)(H2,17,19,20);1H. The van der Waals surface area contributed by atoms with E-state index in [0.717, 1.165) is 42.4 Å². The maximum absolute atomic E-state index is 11.6. The summed E-state index contributed by atoms with van der Waals surface area (Å²) in [5.74, 6) is 0.785. The van der Waals surface area contributed by atoms with Crippen molar-refractivity contribution in [2.24, 2.45) is 12.0 Å². The highest BCUT2D eigenvalue weighted by atomic mass is 127. The van der Waals surface area contributed by atoms with Crippen LogP contribution in [0, 0.1) is 13.8 Å². The molecule has 0 atom stereocenters. The maximum atomic E-state index is 11.6. The smallest absolute Gasteiger partial charge is 0.221 e. The number of nitrogens with one attached hydrogen (secondary N) is 3. The average Bonchev–Trinajstić information content (AvgIpc) is 2.76. The fourth-order valence-electron chi connectivity index (χ4n) is 2.19. The molecule has 0 spiro atoms. The molecule has 3 N–H and O–H groups in total. The molecule has 0 aliphatic heterocycles. The lowest BCUT2D eigenvalue weighted by Gasteiger charge is -2.11. The van der Waals surface area contributed by atoms with Crippen LogP contribution in [0.2, 0.25) is 0 Å². The highest BCUT2D eigenvalue weighted by molar-refractivity contribution is 14.0. The Morgan fingerprint density at radius 3 is 2.42 bits per heavy atom. The minimum absolute atomic E-state index is 0. The van der Waals surface area contributed by atoms with Crippen LogP contribution in [0.5, 0.6) is 0 Å². The molecule has 1 amide bonds. The first-order valence-corrected chi connectivity index (χ1v) is 8.27. The van der Waals surface area contributed by atoms with Gasteiger partial charge in [0.15, 0.2) is 5.96 Å². The first kappa shape index (κ1) is 22.7. The van der Waals surface area contributed by atoms with Crippen LogP contribution in [0.25, 0.3) is 0 Å². The number of aromatic nitrogens is 2. The van der Waals surface area contributed by atoms with E-state index < -0.39 is 0 Å². The van der Waals surface area contributed by atoms with Crippen LogP contribution in [0.1, 0.15) is 43.6 Å². The lowest BCUT2D eigenvalue weighted by atomic mass is 10.2. The summed E-state index contributed by atoms with van der Waals surface area (Å²) < 4.78 is 1.87. The van der Waals surface area contributed by atoms with Gasteiger partial charge >= 0.3 is 0 Å². The molecule has 0 saturated carbocycles. The number of guanidine groups is 1. The van der Waals surface area contributed by atoms with Gasteiger partial charge in [0.2, 0.25) is 5.91 Å². The molecule has 0 unspecified atom stereocenters. The number of nitrogens with zero attached hydrogens (tertiary/aromatic N) is 3. The minimum Gasteiger partial charge on any atom is -0.357 e. The zero-order valence-corrected chi connectivity index (χ0v) is 17.7. The van der Waals surface area contributed by atoms with Crippen molar-refractivity contribution < 1.29 is 4.79 Å². The van der Waals surface area contributed by atoms with Crippen LogP contribution in [-0.4, -0.2) is 41.3 Å². The molecule has 1 rings (SSSR count). The van der Waals surface area contributed by atoms with Crippen LogP contribution in [0.3, 0.4) is 0 Å². The lowest BCUT2D eigenvalue weighted by Crippen LogP contribution is -2.39. The molecule has 24 heavy (non-hydrogen) atoms. The number of hydrogen-bond donors (Lipinski definition) is 3. The van der Waals surface area contributed by atoms with Gasteiger partial charge in [0, 0.05) is 44.4 Å². The molecule has 0 aliphatic rings. The first-order valence-electron chi connectivity index (χ1n) is 8.27. The highest BCUT2D eigenvalue weighted by Crippen LogP contribution is 2.12. The van der Waals surface area contributed by atoms with Crippen LogP contribution in [0.4, 0.5) is 0 Å². The molecule has 1 aromatic rings. The summed E-state index contributed by atoms with van der Waals surface area (Å²) in [5, 5.41) is 13.7. The van der Waals surface area contributed by atoms with Crippen molar-refractivity contribution in [3.05, 3.63) is 17.0 Å². The molecular weight excluding hydrogens is 419 g/mol. The molecule has 7 nitrogen and oxygen atoms in total. The predicted octanol–water partition coefficient (Wildman–Crippen LogP) is 1.63. The minimum atomic E-state index is 0. The number of hydrogen-bond acceptors (Lipinski definition) is 3. The summed E-state index contributed by atoms with van der Waals surface area (Å²) >= 11 is 0. The molecule has 8 heteroatoms. The van der Waals surface area contributed by atoms with Gasteiger partial charge in [-0.3, -0.25) is 9.48 Å². The van der Waals surface area contributed by atoms with Gasteiger partial charge in [-0.15, -0.1) is 24.0 Å². The third-order valence-corrected chi connectivity index (χ3v) is 3.62. The maximum Gasteiger partial charge on any atom is 0.221 e. The van der Waals surface area contributed by atoms with E-state index in [0.29, 0.717) is 19.5 Å². The molecule has 0 fully saturated rings. The zero-order valence-electron chi connectivity index (χ0n) is 15.4. The van der Waals surface area contributed by atoms with E-state index in [2.05, 4.69) is 26.0 Å². The second kappa shape index (κ2) is 12.1. The second-order valence-corrected chi connectivity index (χ2v) is 5.49. The number of aliphatic imine (C=N–C) groups is 1. The van der Waals surface area contributed by atoms with E-state index in [1.54, 1.807) is 0 Å². The summed E-state index contributed by atoms with van der Waals surface area (Å²) in [7, 11) is 1.94. The number of rotatable bonds is 8. The van der Waals surface area contributed by atoms with Gasteiger partial charge in [0.1, 0.15) is 0 Å². The highest BCUT2D eigenvalue weighted by Gasteiger charge is 2.09. The summed E-state index contributed by atoms with van der Waals surface area (Å²) in [6, 6.07) is 0. The molecular formula is C16H31IN6O. The van der Waals surface area contributed by atoms with E-state index in [-0.39, 0.29) is 29.9 Å². The van der Waals surface area contributed by atoms with Gasteiger partial charge < -0.3 is 16.0 Å². The number of halogens is 1. The van der Waals surface area contributed by atoms with E-state index in [1.165, 1.54) is 0 Å². The normalized spacial score (nSPS) is 11.0. The largest absolute Gasteiger partial charge is 0.357 e. The fourth-order valence-corrected chi connectivity index (χ4v) is 2.19. The second-order valence-electron chi connectivity index (χ2n) is 5.49. The van der Waals surface area contributed by atoms with Crippen molar-refractivity contribution in [2.45, 2.75) is 47.1 Å². The van der Waals surface area contributed by atoms with Gasteiger partial charge in [-0.05, 0) is 27.2 Å². The van der Waals surface area contributed by atoms with Gasteiger partial charge in [-0.1, -0.05) is 6.92 Å². The van der Waals surface area contributed by atoms with Crippen molar-refractivity contribution in [1.29, 1.82) is 0 Å². The summed E-state index contributed by atoms with van der Waals surface area (Å²) in [5.41, 5.74) is 3.27. The Morgan fingerprint density at radius 1 is 1.17 bits per heavy atom. The average molecular weight is 450 g/mol. The summed E-state index contributed by atoms with van der Waals surface area (Å²) in [4.78, 5) is 16.2. The molecule has 138 valence electrons. The molecule has 0 aliphatic carbocycles. The third kappa shape index (κ3) is 7.50. The predicted molar refractivity (Wildman–Crippen MR) is 109 cm³/mol. The van der Waals surface area contributed by atoms with E-state index in [4.69, 9.17) is 0 Å². The topological polar surface area (TPSA) is 83.3 Å². The van der Waals surface area contributed by atoms with Gasteiger partial charge in [-0.2, -0.15) is 5.10 Å². The van der Waals surface area contributed by atoms with Crippen molar-refractivity contribution in [3.63, 3.8) is 0 Å². The molecule has 0 saturated heterocycles. The molecule has 0 bridgehead atoms. The zero-order chi connectivity index (χ0) is 17.2. The molecule has 1 heterocycles. The Bertz CT molecular complexity index is 541. The van der Waals surface area contributed by atoms with Crippen molar-refractivity contribution >= 4 is 35.8 Å². The van der Waals surface area contributed by atoms with E-state index in [9.17, 15) is 4.79 Å². The van der Waals surface area contributed by atoms with Crippen LogP contribution in [0.15, 0.2) is 4.99 Å². The Morgan fingerprint density at radius 2 is 1.88 bits per heavy atom. The Kier molecular flexibility index (Phi) is 11.4. The van der Waals surface area contributed by atoms with E-state index >= 15 is 0 Å². The van der Waals surface area contributed by atoms with Gasteiger partial charge in [0.05, 0.1) is 12.2 Å². The van der Waals surface area contributed by atoms with Crippen molar-refractivity contribution in [3.8, 4) is 0 Å². The van der Waals surface area contributed by atoms with Gasteiger partial charge in [-0.25, -0.2) is 4.99 Å². The number of amides is 1. The van der Waals surface area contributed by atoms with Crippen LogP contribution in [-0.2, 0) is 18.4 Å². The molecule has 1 aromatic heterocycles. The Hall–Kier alpha value is -1.32. The number of carbonyl (C=O) groups is 1. The van der Waals surface area contributed by atoms with Crippen LogP contribution < -0.4 is 16.0 Å². The summed E-state index contributed by atoms with van der Waals surface area (Å²) in [6.07, 6.45) is 1.39. The van der Waals surface area contributed by atoms with Gasteiger partial charge in [0.25, 0.3) is 0 Å². The molecule has 0 aromatic carbocycles. The number of carbonyl (C=O) groups excluding carboxylic acids is 1. The fraction of sp³-hybridized carbons (Fsp3) is 0.688. The quantitative estimate of drug-likeness (QED) is 0.320. The summed E-state index contributed by atoms with van der Waals surface area (Å²) in [6.45, 7) is 10.7. The van der Waals surface area contributed by atoms with Crippen molar-refractivity contribution in [1.82, 2.24) is 25.7 Å². The monoisotopic (exact) mass is 450 g/mol. The lowest BCUT2D eigenvalue weighted by molar-refractivity contribution is -0.120. The van der Waals surface area contributed by atoms with E-state index in [1.807, 2.05) is 39.4 Å². The first-order chi connectivity index (χ1) is 11.0. The Balaban J connectivity index is 0.00000529.